The fourth-order valence-electron chi connectivity index (χ4n) is 4.11. The van der Waals surface area contributed by atoms with Crippen molar-refractivity contribution >= 4 is 34.6 Å². The van der Waals surface area contributed by atoms with E-state index >= 15 is 0 Å². The van der Waals surface area contributed by atoms with E-state index in [9.17, 15) is 19.7 Å². The molecular weight excluding hydrogens is 400 g/mol. The molecule has 2 aliphatic rings. The largest absolute Gasteiger partial charge is 0.490 e. The summed E-state index contributed by atoms with van der Waals surface area (Å²) in [5, 5.41) is 13.9. The third-order valence-electron chi connectivity index (χ3n) is 5.77. The molecule has 0 spiro atoms. The number of hydrogen-bond acceptors (Lipinski definition) is 6. The van der Waals surface area contributed by atoms with Gasteiger partial charge in [-0.1, -0.05) is 0 Å². The molecule has 0 aromatic heterocycles. The van der Waals surface area contributed by atoms with E-state index in [0.717, 1.165) is 24.5 Å². The van der Waals surface area contributed by atoms with Crippen molar-refractivity contribution in [2.45, 2.75) is 19.3 Å². The van der Waals surface area contributed by atoms with Gasteiger partial charge in [0.2, 0.25) is 11.8 Å². The predicted octanol–water partition coefficient (Wildman–Crippen LogP) is 3.20. The Labute approximate surface area is 179 Å². The molecule has 2 aromatic rings. The first kappa shape index (κ1) is 20.6. The Hall–Kier alpha value is -3.62. The van der Waals surface area contributed by atoms with Gasteiger partial charge in [0.15, 0.2) is 5.75 Å². The number of amides is 2. The number of nitro benzene ring substituents is 1. The Morgan fingerprint density at radius 3 is 2.45 bits per heavy atom. The monoisotopic (exact) mass is 424 g/mol. The van der Waals surface area contributed by atoms with Gasteiger partial charge in [-0.15, -0.1) is 0 Å². The molecule has 2 aliphatic heterocycles. The zero-order valence-electron chi connectivity index (χ0n) is 17.2. The Balaban J connectivity index is 1.42. The molecule has 1 N–H and O–H groups in total. The Morgan fingerprint density at radius 2 is 1.81 bits per heavy atom. The molecule has 31 heavy (non-hydrogen) atoms. The number of benzene rings is 2. The van der Waals surface area contributed by atoms with E-state index < -0.39 is 10.8 Å². The summed E-state index contributed by atoms with van der Waals surface area (Å²) in [4.78, 5) is 39.8. The molecule has 2 heterocycles. The molecule has 0 bridgehead atoms. The molecule has 9 heteroatoms. The molecule has 1 unspecified atom stereocenters. The van der Waals surface area contributed by atoms with Crippen LogP contribution in [0.5, 0.6) is 5.75 Å². The molecule has 0 radical (unpaired) electrons. The van der Waals surface area contributed by atoms with Crippen LogP contribution in [0.15, 0.2) is 42.5 Å². The summed E-state index contributed by atoms with van der Waals surface area (Å²) in [7, 11) is 1.34. The van der Waals surface area contributed by atoms with Gasteiger partial charge in [0.25, 0.3) is 0 Å². The van der Waals surface area contributed by atoms with E-state index in [4.69, 9.17) is 4.74 Å². The van der Waals surface area contributed by atoms with E-state index in [1.165, 1.54) is 38.2 Å². The number of nitrogens with one attached hydrogen (secondary N) is 1. The SMILES string of the molecule is COc1ccc(NC(=O)C2CC(=O)N(c3ccc(N4CCCC4)cc3)C2)cc1[N+](=O)[O-]. The quantitative estimate of drug-likeness (QED) is 0.564. The Kier molecular flexibility index (Phi) is 5.75. The van der Waals surface area contributed by atoms with Gasteiger partial charge >= 0.3 is 5.69 Å². The minimum absolute atomic E-state index is 0.0952. The second kappa shape index (κ2) is 8.63. The number of methoxy groups -OCH3 is 1. The number of hydrogen-bond donors (Lipinski definition) is 1. The topological polar surface area (TPSA) is 105 Å². The number of anilines is 3. The van der Waals surface area contributed by atoms with Crippen molar-refractivity contribution in [3.05, 3.63) is 52.6 Å². The van der Waals surface area contributed by atoms with Crippen LogP contribution in [0.1, 0.15) is 19.3 Å². The van der Waals surface area contributed by atoms with Crippen LogP contribution in [-0.2, 0) is 9.59 Å². The molecule has 2 fully saturated rings. The summed E-state index contributed by atoms with van der Waals surface area (Å²) >= 11 is 0. The van der Waals surface area contributed by atoms with Crippen LogP contribution >= 0.6 is 0 Å². The van der Waals surface area contributed by atoms with Gasteiger partial charge in [-0.3, -0.25) is 19.7 Å². The molecule has 0 aliphatic carbocycles. The van der Waals surface area contributed by atoms with E-state index in [1.54, 1.807) is 4.90 Å². The fraction of sp³-hybridized carbons (Fsp3) is 0.364. The van der Waals surface area contributed by atoms with Gasteiger partial charge < -0.3 is 19.9 Å². The van der Waals surface area contributed by atoms with Crippen LogP contribution in [0, 0.1) is 16.0 Å². The van der Waals surface area contributed by atoms with Gasteiger partial charge in [0.05, 0.1) is 18.0 Å². The van der Waals surface area contributed by atoms with Crippen LogP contribution in [-0.4, -0.2) is 43.5 Å². The lowest BCUT2D eigenvalue weighted by Gasteiger charge is -2.20. The van der Waals surface area contributed by atoms with E-state index in [2.05, 4.69) is 10.2 Å². The summed E-state index contributed by atoms with van der Waals surface area (Å²) in [6.07, 6.45) is 2.49. The lowest BCUT2D eigenvalue weighted by molar-refractivity contribution is -0.385. The van der Waals surface area contributed by atoms with Gasteiger partial charge in [-0.05, 0) is 49.2 Å². The molecular formula is C22H24N4O5. The normalized spacial score (nSPS) is 18.4. The maximum Gasteiger partial charge on any atom is 0.312 e. The zero-order valence-corrected chi connectivity index (χ0v) is 17.2. The van der Waals surface area contributed by atoms with E-state index in [-0.39, 0.29) is 36.2 Å². The highest BCUT2D eigenvalue weighted by atomic mass is 16.6. The first-order chi connectivity index (χ1) is 15.0. The van der Waals surface area contributed by atoms with Gasteiger partial charge in [0, 0.05) is 49.2 Å². The number of nitrogens with zero attached hydrogens (tertiary/aromatic N) is 3. The van der Waals surface area contributed by atoms with E-state index in [0.29, 0.717) is 5.69 Å². The van der Waals surface area contributed by atoms with Gasteiger partial charge in [0.1, 0.15) is 0 Å². The average molecular weight is 424 g/mol. The molecule has 2 aromatic carbocycles. The maximum absolute atomic E-state index is 12.7. The van der Waals surface area contributed by atoms with Crippen LogP contribution in [0.3, 0.4) is 0 Å². The smallest absolute Gasteiger partial charge is 0.312 e. The van der Waals surface area contributed by atoms with Crippen molar-refractivity contribution in [1.29, 1.82) is 0 Å². The highest BCUT2D eigenvalue weighted by Gasteiger charge is 2.35. The highest BCUT2D eigenvalue weighted by Crippen LogP contribution is 2.31. The fourth-order valence-corrected chi connectivity index (χ4v) is 4.11. The van der Waals surface area contributed by atoms with Crippen molar-refractivity contribution in [1.82, 2.24) is 0 Å². The van der Waals surface area contributed by atoms with E-state index in [1.807, 2.05) is 24.3 Å². The van der Waals surface area contributed by atoms with Crippen molar-refractivity contribution in [3.8, 4) is 5.75 Å². The Morgan fingerprint density at radius 1 is 1.13 bits per heavy atom. The lowest BCUT2D eigenvalue weighted by atomic mass is 10.1. The number of rotatable bonds is 6. The molecule has 162 valence electrons. The summed E-state index contributed by atoms with van der Waals surface area (Å²) < 4.78 is 4.98. The van der Waals surface area contributed by atoms with Crippen molar-refractivity contribution < 1.29 is 19.2 Å². The van der Waals surface area contributed by atoms with Crippen LogP contribution < -0.4 is 19.9 Å². The first-order valence-corrected chi connectivity index (χ1v) is 10.2. The zero-order chi connectivity index (χ0) is 22.0. The van der Waals surface area contributed by atoms with Gasteiger partial charge in [-0.2, -0.15) is 0 Å². The Bertz CT molecular complexity index is 1000. The molecule has 9 nitrogen and oxygen atoms in total. The maximum atomic E-state index is 12.7. The van der Waals surface area contributed by atoms with Crippen LogP contribution in [0.2, 0.25) is 0 Å². The second-order valence-electron chi connectivity index (χ2n) is 7.75. The number of nitro groups is 1. The van der Waals surface area contributed by atoms with Crippen molar-refractivity contribution in [2.24, 2.45) is 5.92 Å². The summed E-state index contributed by atoms with van der Waals surface area (Å²) in [5.74, 6) is -0.881. The first-order valence-electron chi connectivity index (χ1n) is 10.2. The predicted molar refractivity (Wildman–Crippen MR) is 117 cm³/mol. The number of carbonyl (C=O) groups is 2. The van der Waals surface area contributed by atoms with Crippen molar-refractivity contribution in [2.75, 3.05) is 41.9 Å². The highest BCUT2D eigenvalue weighted by molar-refractivity contribution is 6.03. The molecule has 0 saturated carbocycles. The number of ether oxygens (including phenoxy) is 1. The summed E-state index contributed by atoms with van der Waals surface area (Å²) in [5.41, 5.74) is 1.97. The minimum Gasteiger partial charge on any atom is -0.490 e. The third-order valence-corrected chi connectivity index (χ3v) is 5.77. The van der Waals surface area contributed by atoms with Crippen molar-refractivity contribution in [3.63, 3.8) is 0 Å². The van der Waals surface area contributed by atoms with Crippen LogP contribution in [0.25, 0.3) is 0 Å². The second-order valence-corrected chi connectivity index (χ2v) is 7.75. The summed E-state index contributed by atoms with van der Waals surface area (Å²) in [6, 6.07) is 12.1. The standard InChI is InChI=1S/C22H24N4O5/c1-31-20-9-4-16(13-19(20)26(29)30)23-22(28)15-12-21(27)25(14-15)18-7-5-17(6-8-18)24-10-2-3-11-24/h4-9,13,15H,2-3,10-12,14H2,1H3,(H,23,28). The van der Waals surface area contributed by atoms with Gasteiger partial charge in [-0.25, -0.2) is 0 Å². The lowest BCUT2D eigenvalue weighted by Crippen LogP contribution is -2.28. The molecule has 4 rings (SSSR count). The molecule has 2 saturated heterocycles. The average Bonchev–Trinajstić information content (AvgIpc) is 3.44. The third kappa shape index (κ3) is 4.30. The minimum atomic E-state index is -0.568. The number of carbonyl (C=O) groups excluding carboxylic acids is 2. The summed E-state index contributed by atoms with van der Waals surface area (Å²) in [6.45, 7) is 2.37. The van der Waals surface area contributed by atoms with Crippen LogP contribution in [0.4, 0.5) is 22.7 Å². The molecule has 2 amide bonds. The molecule has 1 atom stereocenters.